The molecule has 1 aromatic rings. The Morgan fingerprint density at radius 2 is 2.13 bits per heavy atom. The lowest BCUT2D eigenvalue weighted by Gasteiger charge is -2.27. The quantitative estimate of drug-likeness (QED) is 0.771. The summed E-state index contributed by atoms with van der Waals surface area (Å²) in [5.74, 6) is -0.0537. The molecule has 23 heavy (non-hydrogen) atoms. The lowest BCUT2D eigenvalue weighted by Crippen LogP contribution is -2.49. The van der Waals surface area contributed by atoms with Crippen molar-refractivity contribution in [3.05, 3.63) is 11.5 Å². The molecule has 1 aliphatic heterocycles. The van der Waals surface area contributed by atoms with Crippen molar-refractivity contribution >= 4 is 28.3 Å². The molecule has 2 heterocycles. The molecule has 2 N–H and O–H groups in total. The zero-order valence-electron chi connectivity index (χ0n) is 13.6. The van der Waals surface area contributed by atoms with Gasteiger partial charge in [0.25, 0.3) is 0 Å². The molecule has 1 amide bonds. The van der Waals surface area contributed by atoms with E-state index in [1.54, 1.807) is 18.9 Å². The van der Waals surface area contributed by atoms with E-state index in [0.29, 0.717) is 0 Å². The van der Waals surface area contributed by atoms with Crippen LogP contribution in [0.4, 0.5) is 0 Å². The standard InChI is InChI=1S/C13H22N4O4S.ClH/c1-8-12(10(3)21-15-8)22(19,20)16-9(2)13(18)17(4)11-5-6-14-7-11;/h9,11,14,16H,5-7H2,1-4H3;1H. The van der Waals surface area contributed by atoms with Gasteiger partial charge in [-0.15, -0.1) is 12.4 Å². The first kappa shape index (κ1) is 19.9. The van der Waals surface area contributed by atoms with Crippen LogP contribution in [0.2, 0.25) is 0 Å². The molecule has 0 aromatic carbocycles. The van der Waals surface area contributed by atoms with E-state index in [0.717, 1.165) is 19.5 Å². The molecule has 0 radical (unpaired) electrons. The van der Waals surface area contributed by atoms with Gasteiger partial charge in [-0.1, -0.05) is 5.16 Å². The van der Waals surface area contributed by atoms with E-state index in [4.69, 9.17) is 4.52 Å². The molecule has 132 valence electrons. The van der Waals surface area contributed by atoms with Gasteiger partial charge in [0, 0.05) is 19.6 Å². The van der Waals surface area contributed by atoms with E-state index in [9.17, 15) is 13.2 Å². The first-order valence-electron chi connectivity index (χ1n) is 7.16. The number of likely N-dealkylation sites (N-methyl/N-ethyl adjacent to an activating group) is 1. The lowest BCUT2D eigenvalue weighted by atomic mass is 10.2. The molecule has 10 heteroatoms. The number of rotatable bonds is 5. The van der Waals surface area contributed by atoms with Gasteiger partial charge in [0.2, 0.25) is 15.9 Å². The highest BCUT2D eigenvalue weighted by Gasteiger charge is 2.31. The normalized spacial score (nSPS) is 19.2. The van der Waals surface area contributed by atoms with E-state index < -0.39 is 16.1 Å². The topological polar surface area (TPSA) is 105 Å². The molecule has 2 rings (SSSR count). The number of aromatic nitrogens is 1. The highest BCUT2D eigenvalue weighted by molar-refractivity contribution is 7.89. The summed E-state index contributed by atoms with van der Waals surface area (Å²) in [6.07, 6.45) is 0.867. The molecule has 0 bridgehead atoms. The fourth-order valence-electron chi connectivity index (χ4n) is 2.66. The van der Waals surface area contributed by atoms with Crippen LogP contribution in [-0.2, 0) is 14.8 Å². The number of nitrogens with zero attached hydrogens (tertiary/aromatic N) is 2. The molecule has 1 aromatic heterocycles. The molecule has 0 aliphatic carbocycles. The average molecular weight is 367 g/mol. The van der Waals surface area contributed by atoms with Crippen molar-refractivity contribution in [2.45, 2.75) is 44.2 Å². The largest absolute Gasteiger partial charge is 0.360 e. The van der Waals surface area contributed by atoms with Crippen molar-refractivity contribution in [1.29, 1.82) is 0 Å². The summed E-state index contributed by atoms with van der Waals surface area (Å²) < 4.78 is 32.1. The fourth-order valence-corrected chi connectivity index (χ4v) is 4.18. The van der Waals surface area contributed by atoms with Crippen LogP contribution in [0.15, 0.2) is 9.42 Å². The first-order chi connectivity index (χ1) is 10.2. The van der Waals surface area contributed by atoms with Gasteiger partial charge in [-0.2, -0.15) is 4.72 Å². The second kappa shape index (κ2) is 7.61. The van der Waals surface area contributed by atoms with Gasteiger partial charge in [0.05, 0.1) is 6.04 Å². The molecule has 2 unspecified atom stereocenters. The molecule has 1 aliphatic rings. The third kappa shape index (κ3) is 4.23. The Bertz CT molecular complexity index is 635. The Balaban J connectivity index is 0.00000264. The predicted molar refractivity (Wildman–Crippen MR) is 87.1 cm³/mol. The van der Waals surface area contributed by atoms with Gasteiger partial charge in [0.15, 0.2) is 5.76 Å². The predicted octanol–water partition coefficient (Wildman–Crippen LogP) is 0.200. The Morgan fingerprint density at radius 1 is 1.48 bits per heavy atom. The van der Waals surface area contributed by atoms with Gasteiger partial charge in [-0.3, -0.25) is 4.79 Å². The van der Waals surface area contributed by atoms with E-state index in [2.05, 4.69) is 15.2 Å². The molecular weight excluding hydrogens is 344 g/mol. The van der Waals surface area contributed by atoms with Gasteiger partial charge >= 0.3 is 0 Å². The van der Waals surface area contributed by atoms with Crippen LogP contribution in [0, 0.1) is 13.8 Å². The van der Waals surface area contributed by atoms with Crippen molar-refractivity contribution in [3.63, 3.8) is 0 Å². The van der Waals surface area contributed by atoms with Gasteiger partial charge in [-0.25, -0.2) is 8.42 Å². The van der Waals surface area contributed by atoms with E-state index in [1.807, 2.05) is 0 Å². The van der Waals surface area contributed by atoms with Crippen LogP contribution in [0.25, 0.3) is 0 Å². The van der Waals surface area contributed by atoms with Crippen molar-refractivity contribution in [3.8, 4) is 0 Å². The van der Waals surface area contributed by atoms with Crippen molar-refractivity contribution in [2.24, 2.45) is 0 Å². The van der Waals surface area contributed by atoms with Crippen molar-refractivity contribution in [1.82, 2.24) is 20.1 Å². The Kier molecular flexibility index (Phi) is 6.58. The number of nitrogens with one attached hydrogen (secondary N) is 2. The minimum absolute atomic E-state index is 0. The molecular formula is C13H23ClN4O4S. The number of sulfonamides is 1. The molecule has 1 fully saturated rings. The lowest BCUT2D eigenvalue weighted by molar-refractivity contribution is -0.133. The average Bonchev–Trinajstić information content (AvgIpc) is 3.06. The van der Waals surface area contributed by atoms with Crippen molar-refractivity contribution in [2.75, 3.05) is 20.1 Å². The molecule has 8 nitrogen and oxygen atoms in total. The second-order valence-electron chi connectivity index (χ2n) is 5.59. The first-order valence-corrected chi connectivity index (χ1v) is 8.65. The highest BCUT2D eigenvalue weighted by atomic mass is 35.5. The Morgan fingerprint density at radius 3 is 2.61 bits per heavy atom. The monoisotopic (exact) mass is 366 g/mol. The number of halogens is 1. The van der Waals surface area contributed by atoms with Crippen LogP contribution in [-0.4, -0.2) is 56.6 Å². The van der Waals surface area contributed by atoms with Crippen molar-refractivity contribution < 1.29 is 17.7 Å². The maximum Gasteiger partial charge on any atom is 0.246 e. The van der Waals surface area contributed by atoms with E-state index in [1.165, 1.54) is 13.8 Å². The van der Waals surface area contributed by atoms with E-state index in [-0.39, 0.29) is 40.7 Å². The zero-order chi connectivity index (χ0) is 16.5. The minimum atomic E-state index is -3.85. The van der Waals surface area contributed by atoms with Crippen LogP contribution in [0.5, 0.6) is 0 Å². The smallest absolute Gasteiger partial charge is 0.246 e. The third-order valence-corrected chi connectivity index (χ3v) is 5.65. The molecule has 2 atom stereocenters. The number of hydrogen-bond acceptors (Lipinski definition) is 6. The summed E-state index contributed by atoms with van der Waals surface area (Å²) in [5, 5.41) is 6.81. The maximum atomic E-state index is 12.4. The summed E-state index contributed by atoms with van der Waals surface area (Å²) in [4.78, 5) is 14.0. The minimum Gasteiger partial charge on any atom is -0.360 e. The molecule has 1 saturated heterocycles. The molecule has 0 spiro atoms. The highest BCUT2D eigenvalue weighted by Crippen LogP contribution is 2.19. The second-order valence-corrected chi connectivity index (χ2v) is 7.24. The summed E-state index contributed by atoms with van der Waals surface area (Å²) >= 11 is 0. The summed E-state index contributed by atoms with van der Waals surface area (Å²) in [5.41, 5.74) is 0.276. The third-order valence-electron chi connectivity index (χ3n) is 3.87. The summed E-state index contributed by atoms with van der Waals surface area (Å²) in [7, 11) is -2.15. The van der Waals surface area contributed by atoms with Crippen LogP contribution in [0.3, 0.4) is 0 Å². The Labute approximate surface area is 142 Å². The number of aryl methyl sites for hydroxylation is 2. The van der Waals surface area contributed by atoms with Gasteiger partial charge < -0.3 is 14.7 Å². The van der Waals surface area contributed by atoms with Gasteiger partial charge in [0.1, 0.15) is 10.6 Å². The van der Waals surface area contributed by atoms with Crippen LogP contribution < -0.4 is 10.0 Å². The maximum absolute atomic E-state index is 12.4. The van der Waals surface area contributed by atoms with Crippen LogP contribution >= 0.6 is 12.4 Å². The number of carbonyl (C=O) groups excluding carboxylic acids is 1. The van der Waals surface area contributed by atoms with E-state index >= 15 is 0 Å². The number of amides is 1. The SMILES string of the molecule is Cc1noc(C)c1S(=O)(=O)NC(C)C(=O)N(C)C1CCNC1.Cl. The summed E-state index contributed by atoms with van der Waals surface area (Å²) in [6.45, 7) is 6.20. The summed E-state index contributed by atoms with van der Waals surface area (Å²) in [6, 6.07) is -0.761. The molecule has 0 saturated carbocycles. The number of carbonyl (C=O) groups is 1. The zero-order valence-corrected chi connectivity index (χ0v) is 15.3. The van der Waals surface area contributed by atoms with Gasteiger partial charge in [-0.05, 0) is 33.7 Å². The van der Waals surface area contributed by atoms with Crippen LogP contribution in [0.1, 0.15) is 24.8 Å². The Hall–Kier alpha value is -1.16. The fraction of sp³-hybridized carbons (Fsp3) is 0.692. The number of hydrogen-bond donors (Lipinski definition) is 2.